The van der Waals surface area contributed by atoms with Gasteiger partial charge in [-0.05, 0) is 37.7 Å². The van der Waals surface area contributed by atoms with Gasteiger partial charge in [0.2, 0.25) is 0 Å². The van der Waals surface area contributed by atoms with E-state index in [1.54, 1.807) is 0 Å². The Kier molecular flexibility index (Phi) is 5.88. The van der Waals surface area contributed by atoms with E-state index in [2.05, 4.69) is 10.6 Å². The Morgan fingerprint density at radius 3 is 2.74 bits per heavy atom. The third-order valence-electron chi connectivity index (χ3n) is 4.56. The lowest BCUT2D eigenvalue weighted by Gasteiger charge is -2.23. The minimum atomic E-state index is -0.114. The summed E-state index contributed by atoms with van der Waals surface area (Å²) in [5.74, 6) is 0. The summed E-state index contributed by atoms with van der Waals surface area (Å²) in [6.07, 6.45) is 5.48. The summed E-state index contributed by atoms with van der Waals surface area (Å²) in [7, 11) is 0. The molecule has 2 amide bonds. The van der Waals surface area contributed by atoms with E-state index in [1.165, 1.54) is 6.42 Å². The highest BCUT2D eigenvalue weighted by molar-refractivity contribution is 5.74. The molecule has 2 N–H and O–H groups in total. The predicted molar refractivity (Wildman–Crippen MR) is 88.3 cm³/mol. The van der Waals surface area contributed by atoms with Gasteiger partial charge in [-0.25, -0.2) is 4.79 Å². The minimum absolute atomic E-state index is 0.0309. The molecule has 0 saturated carbocycles. The van der Waals surface area contributed by atoms with Gasteiger partial charge in [-0.3, -0.25) is 0 Å². The molecular formula is C18H26N2O3. The summed E-state index contributed by atoms with van der Waals surface area (Å²) in [6, 6.07) is 9.99. The third kappa shape index (κ3) is 4.69. The van der Waals surface area contributed by atoms with Crippen LogP contribution >= 0.6 is 0 Å². The van der Waals surface area contributed by atoms with E-state index >= 15 is 0 Å². The van der Waals surface area contributed by atoms with E-state index in [0.29, 0.717) is 19.3 Å². The number of ether oxygens (including phenoxy) is 2. The number of hydrogen-bond donors (Lipinski definition) is 2. The quantitative estimate of drug-likeness (QED) is 0.877. The smallest absolute Gasteiger partial charge is 0.315 e. The van der Waals surface area contributed by atoms with E-state index in [9.17, 15) is 4.79 Å². The number of hydrogen-bond acceptors (Lipinski definition) is 3. The van der Waals surface area contributed by atoms with Gasteiger partial charge in [0, 0.05) is 19.8 Å². The zero-order valence-corrected chi connectivity index (χ0v) is 13.5. The molecule has 2 aliphatic rings. The molecule has 1 aromatic carbocycles. The first kappa shape index (κ1) is 16.3. The largest absolute Gasteiger partial charge is 0.378 e. The second-order valence-electron chi connectivity index (χ2n) is 6.27. The monoisotopic (exact) mass is 318 g/mol. The fraction of sp³-hybridized carbons (Fsp3) is 0.611. The number of carbonyl (C=O) groups is 1. The summed E-state index contributed by atoms with van der Waals surface area (Å²) < 4.78 is 11.5. The lowest BCUT2D eigenvalue weighted by atomic mass is 10.0. The first-order valence-electron chi connectivity index (χ1n) is 8.65. The van der Waals surface area contributed by atoms with Crippen molar-refractivity contribution in [2.45, 2.75) is 50.4 Å². The van der Waals surface area contributed by atoms with Gasteiger partial charge in [0.1, 0.15) is 6.10 Å². The van der Waals surface area contributed by atoms with Crippen molar-refractivity contribution in [1.82, 2.24) is 10.6 Å². The van der Waals surface area contributed by atoms with E-state index in [4.69, 9.17) is 9.47 Å². The van der Waals surface area contributed by atoms with Gasteiger partial charge in [-0.2, -0.15) is 0 Å². The highest BCUT2D eigenvalue weighted by atomic mass is 16.5. The number of nitrogens with one attached hydrogen (secondary N) is 2. The zero-order valence-electron chi connectivity index (χ0n) is 13.5. The van der Waals surface area contributed by atoms with Gasteiger partial charge in [0.15, 0.2) is 0 Å². The highest BCUT2D eigenvalue weighted by Gasteiger charge is 2.30. The van der Waals surface area contributed by atoms with Crippen molar-refractivity contribution in [2.24, 2.45) is 0 Å². The van der Waals surface area contributed by atoms with Crippen LogP contribution in [0.2, 0.25) is 0 Å². The first-order chi connectivity index (χ1) is 11.3. The van der Waals surface area contributed by atoms with Crippen LogP contribution in [0.5, 0.6) is 0 Å². The van der Waals surface area contributed by atoms with E-state index < -0.39 is 0 Å². The molecule has 126 valence electrons. The summed E-state index contributed by atoms with van der Waals surface area (Å²) in [5, 5.41) is 5.99. The van der Waals surface area contributed by atoms with Gasteiger partial charge < -0.3 is 20.1 Å². The van der Waals surface area contributed by atoms with Crippen molar-refractivity contribution in [2.75, 3.05) is 19.8 Å². The molecule has 2 heterocycles. The molecular weight excluding hydrogens is 292 g/mol. The normalized spacial score (nSPS) is 27.6. The molecule has 5 heteroatoms. The molecule has 0 bridgehead atoms. The van der Waals surface area contributed by atoms with E-state index in [0.717, 1.165) is 37.9 Å². The van der Waals surface area contributed by atoms with E-state index in [-0.39, 0.29) is 18.2 Å². The van der Waals surface area contributed by atoms with Gasteiger partial charge >= 0.3 is 6.03 Å². The topological polar surface area (TPSA) is 59.6 Å². The van der Waals surface area contributed by atoms with Crippen LogP contribution in [-0.2, 0) is 9.47 Å². The Balaban J connectivity index is 1.42. The average molecular weight is 318 g/mol. The Morgan fingerprint density at radius 2 is 1.96 bits per heavy atom. The maximum atomic E-state index is 12.1. The van der Waals surface area contributed by atoms with Crippen LogP contribution < -0.4 is 10.6 Å². The van der Waals surface area contributed by atoms with Crippen molar-refractivity contribution < 1.29 is 14.3 Å². The fourth-order valence-electron chi connectivity index (χ4n) is 3.31. The molecule has 1 aromatic rings. The number of rotatable bonds is 5. The Hall–Kier alpha value is -1.59. The SMILES string of the molecule is O=C(NCC[C@@H]1CCCCO1)N[C@@H]1CCO[C@@H]1c1ccccc1. The number of urea groups is 1. The van der Waals surface area contributed by atoms with Crippen molar-refractivity contribution in [3.8, 4) is 0 Å². The molecule has 3 atom stereocenters. The molecule has 0 spiro atoms. The standard InChI is InChI=1S/C18H26N2O3/c21-18(19-11-9-15-8-4-5-12-22-15)20-16-10-13-23-17(16)14-6-2-1-3-7-14/h1-3,6-7,15-17H,4-5,8-13H2,(H2,19,20,21)/t15-,16+,17+/m0/s1. The average Bonchev–Trinajstić information content (AvgIpc) is 3.05. The molecule has 0 aliphatic carbocycles. The molecule has 0 radical (unpaired) electrons. The predicted octanol–water partition coefficient (Wildman–Crippen LogP) is 2.78. The second kappa shape index (κ2) is 8.31. The maximum absolute atomic E-state index is 12.1. The zero-order chi connectivity index (χ0) is 15.9. The van der Waals surface area contributed by atoms with Crippen molar-refractivity contribution >= 4 is 6.03 Å². The van der Waals surface area contributed by atoms with Crippen LogP contribution in [0, 0.1) is 0 Å². The van der Waals surface area contributed by atoms with Crippen LogP contribution in [-0.4, -0.2) is 37.9 Å². The van der Waals surface area contributed by atoms with Crippen molar-refractivity contribution in [3.63, 3.8) is 0 Å². The molecule has 23 heavy (non-hydrogen) atoms. The molecule has 0 aromatic heterocycles. The van der Waals surface area contributed by atoms with Crippen LogP contribution in [0.15, 0.2) is 30.3 Å². The fourth-order valence-corrected chi connectivity index (χ4v) is 3.31. The highest BCUT2D eigenvalue weighted by Crippen LogP contribution is 2.28. The van der Waals surface area contributed by atoms with Gasteiger partial charge in [-0.1, -0.05) is 30.3 Å². The lowest BCUT2D eigenvalue weighted by molar-refractivity contribution is 0.0119. The third-order valence-corrected chi connectivity index (χ3v) is 4.56. The number of benzene rings is 1. The Morgan fingerprint density at radius 1 is 1.09 bits per heavy atom. The molecule has 2 aliphatic heterocycles. The summed E-state index contributed by atoms with van der Waals surface area (Å²) >= 11 is 0. The minimum Gasteiger partial charge on any atom is -0.378 e. The van der Waals surface area contributed by atoms with Gasteiger partial charge in [-0.15, -0.1) is 0 Å². The van der Waals surface area contributed by atoms with Crippen LogP contribution in [0.25, 0.3) is 0 Å². The number of carbonyl (C=O) groups excluding carboxylic acids is 1. The van der Waals surface area contributed by atoms with Crippen molar-refractivity contribution in [1.29, 1.82) is 0 Å². The lowest BCUT2D eigenvalue weighted by Crippen LogP contribution is -2.44. The van der Waals surface area contributed by atoms with Crippen LogP contribution in [0.4, 0.5) is 4.79 Å². The van der Waals surface area contributed by atoms with Crippen LogP contribution in [0.3, 0.4) is 0 Å². The van der Waals surface area contributed by atoms with Gasteiger partial charge in [0.05, 0.1) is 12.1 Å². The molecule has 0 unspecified atom stereocenters. The Labute approximate surface area is 137 Å². The maximum Gasteiger partial charge on any atom is 0.315 e. The van der Waals surface area contributed by atoms with E-state index in [1.807, 2.05) is 30.3 Å². The summed E-state index contributed by atoms with van der Waals surface area (Å²) in [6.45, 7) is 2.19. The Bertz CT molecular complexity index is 488. The summed E-state index contributed by atoms with van der Waals surface area (Å²) in [4.78, 5) is 12.1. The van der Waals surface area contributed by atoms with Gasteiger partial charge in [0.25, 0.3) is 0 Å². The molecule has 5 nitrogen and oxygen atoms in total. The molecule has 3 rings (SSSR count). The molecule has 2 fully saturated rings. The second-order valence-corrected chi connectivity index (χ2v) is 6.27. The van der Waals surface area contributed by atoms with Crippen molar-refractivity contribution in [3.05, 3.63) is 35.9 Å². The summed E-state index contributed by atoms with van der Waals surface area (Å²) in [5.41, 5.74) is 1.12. The number of amides is 2. The van der Waals surface area contributed by atoms with Crippen LogP contribution in [0.1, 0.15) is 43.8 Å². The molecule has 2 saturated heterocycles. The first-order valence-corrected chi connectivity index (χ1v) is 8.65.